The lowest BCUT2D eigenvalue weighted by atomic mass is 10.2. The fourth-order valence-corrected chi connectivity index (χ4v) is 1.96. The van der Waals surface area contributed by atoms with Crippen LogP contribution in [0.25, 0.3) is 11.2 Å². The molecule has 2 rings (SSSR count). The normalized spacial score (nSPS) is 11.4. The second kappa shape index (κ2) is 3.88. The maximum absolute atomic E-state index is 5.92. The van der Waals surface area contributed by atoms with Gasteiger partial charge in [0.1, 0.15) is 5.52 Å². The fourth-order valence-electron chi connectivity index (χ4n) is 1.96. The van der Waals surface area contributed by atoms with Crippen molar-refractivity contribution in [3.05, 3.63) is 18.3 Å². The molecule has 0 saturated heterocycles. The number of pyridine rings is 1. The molecule has 2 heterocycles. The van der Waals surface area contributed by atoms with E-state index in [2.05, 4.69) is 23.8 Å². The molecule has 2 aromatic rings. The summed E-state index contributed by atoms with van der Waals surface area (Å²) in [5, 5.41) is 0. The molecule has 0 bridgehead atoms. The summed E-state index contributed by atoms with van der Waals surface area (Å²) in [7, 11) is 0. The van der Waals surface area contributed by atoms with E-state index >= 15 is 0 Å². The zero-order chi connectivity index (χ0) is 10.8. The van der Waals surface area contributed by atoms with E-state index in [1.54, 1.807) is 6.20 Å². The molecule has 0 fully saturated rings. The van der Waals surface area contributed by atoms with Crippen molar-refractivity contribution in [1.82, 2.24) is 14.5 Å². The molecule has 0 saturated carbocycles. The van der Waals surface area contributed by atoms with E-state index in [4.69, 9.17) is 5.73 Å². The zero-order valence-electron chi connectivity index (χ0n) is 9.14. The summed E-state index contributed by atoms with van der Waals surface area (Å²) in [6, 6.07) is 4.22. The molecule has 0 atom stereocenters. The van der Waals surface area contributed by atoms with Crippen LogP contribution in [0.1, 0.15) is 32.7 Å². The summed E-state index contributed by atoms with van der Waals surface area (Å²) >= 11 is 0. The van der Waals surface area contributed by atoms with Crippen LogP contribution in [0.3, 0.4) is 0 Å². The first-order valence-electron chi connectivity index (χ1n) is 5.36. The number of fused-ring (bicyclic) bond motifs is 1. The number of nitrogen functional groups attached to an aromatic ring is 1. The van der Waals surface area contributed by atoms with Crippen molar-refractivity contribution in [2.75, 3.05) is 5.73 Å². The first-order valence-corrected chi connectivity index (χ1v) is 5.36. The maximum Gasteiger partial charge on any atom is 0.202 e. The highest BCUT2D eigenvalue weighted by atomic mass is 15.2. The van der Waals surface area contributed by atoms with Crippen LogP contribution in [0.15, 0.2) is 18.3 Å². The van der Waals surface area contributed by atoms with Crippen molar-refractivity contribution < 1.29 is 0 Å². The average Bonchev–Trinajstić information content (AvgIpc) is 2.58. The smallest absolute Gasteiger partial charge is 0.202 e. The van der Waals surface area contributed by atoms with Gasteiger partial charge in [0.25, 0.3) is 0 Å². The third-order valence-corrected chi connectivity index (χ3v) is 2.78. The first kappa shape index (κ1) is 9.96. The Bertz CT molecular complexity index is 457. The Morgan fingerprint density at radius 3 is 2.80 bits per heavy atom. The lowest BCUT2D eigenvalue weighted by Gasteiger charge is -2.15. The Morgan fingerprint density at radius 1 is 1.40 bits per heavy atom. The number of hydrogen-bond donors (Lipinski definition) is 1. The molecular formula is C11H16N4. The van der Waals surface area contributed by atoms with Gasteiger partial charge in [-0.1, -0.05) is 13.8 Å². The topological polar surface area (TPSA) is 56.7 Å². The molecule has 80 valence electrons. The van der Waals surface area contributed by atoms with E-state index in [0.717, 1.165) is 24.0 Å². The predicted octanol–water partition coefficient (Wildman–Crippen LogP) is 2.37. The van der Waals surface area contributed by atoms with Gasteiger partial charge in [-0.15, -0.1) is 0 Å². The Hall–Kier alpha value is -1.58. The van der Waals surface area contributed by atoms with Gasteiger partial charge < -0.3 is 5.73 Å². The third-order valence-electron chi connectivity index (χ3n) is 2.78. The molecule has 4 heteroatoms. The number of hydrogen-bond acceptors (Lipinski definition) is 3. The van der Waals surface area contributed by atoms with Crippen LogP contribution in [-0.2, 0) is 0 Å². The Morgan fingerprint density at radius 2 is 2.13 bits per heavy atom. The van der Waals surface area contributed by atoms with Crippen LogP contribution in [0, 0.1) is 0 Å². The number of nitrogens with zero attached hydrogens (tertiary/aromatic N) is 3. The minimum atomic E-state index is 0.393. The van der Waals surface area contributed by atoms with Crippen molar-refractivity contribution in [2.45, 2.75) is 32.7 Å². The van der Waals surface area contributed by atoms with E-state index in [9.17, 15) is 0 Å². The van der Waals surface area contributed by atoms with Crippen molar-refractivity contribution >= 4 is 17.1 Å². The van der Waals surface area contributed by atoms with E-state index in [-0.39, 0.29) is 0 Å². The molecule has 15 heavy (non-hydrogen) atoms. The fraction of sp³-hybridized carbons (Fsp3) is 0.455. The minimum Gasteiger partial charge on any atom is -0.369 e. The summed E-state index contributed by atoms with van der Waals surface area (Å²) in [4.78, 5) is 8.65. The van der Waals surface area contributed by atoms with Gasteiger partial charge in [0, 0.05) is 12.2 Å². The van der Waals surface area contributed by atoms with Crippen LogP contribution >= 0.6 is 0 Å². The number of aromatic nitrogens is 3. The number of rotatable bonds is 3. The average molecular weight is 204 g/mol. The lowest BCUT2D eigenvalue weighted by Crippen LogP contribution is -2.10. The molecule has 0 radical (unpaired) electrons. The van der Waals surface area contributed by atoms with Crippen molar-refractivity contribution in [1.29, 1.82) is 0 Å². The molecule has 0 spiro atoms. The van der Waals surface area contributed by atoms with Crippen LogP contribution in [-0.4, -0.2) is 14.5 Å². The molecule has 0 amide bonds. The van der Waals surface area contributed by atoms with Gasteiger partial charge in [0.2, 0.25) is 5.95 Å². The summed E-state index contributed by atoms with van der Waals surface area (Å²) in [6.07, 6.45) is 3.87. The Kier molecular flexibility index (Phi) is 2.58. The monoisotopic (exact) mass is 204 g/mol. The standard InChI is InChI=1S/C11H16N4/c1-3-8(4-2)15-10-9(14-11(15)12)6-5-7-13-10/h5-8H,3-4H2,1-2H3,(H2,12,14). The number of nitrogens with two attached hydrogens (primary N) is 1. The lowest BCUT2D eigenvalue weighted by molar-refractivity contribution is 0.486. The Labute approximate surface area is 89.1 Å². The summed E-state index contributed by atoms with van der Waals surface area (Å²) < 4.78 is 2.04. The molecule has 0 aliphatic rings. The molecule has 4 nitrogen and oxygen atoms in total. The van der Waals surface area contributed by atoms with Crippen LogP contribution in [0.2, 0.25) is 0 Å². The number of imidazole rings is 1. The number of anilines is 1. The maximum atomic E-state index is 5.92. The van der Waals surface area contributed by atoms with E-state index in [0.29, 0.717) is 12.0 Å². The first-order chi connectivity index (χ1) is 7.27. The zero-order valence-corrected chi connectivity index (χ0v) is 9.14. The summed E-state index contributed by atoms with van der Waals surface area (Å²) in [5.41, 5.74) is 7.69. The molecular weight excluding hydrogens is 188 g/mol. The van der Waals surface area contributed by atoms with Gasteiger partial charge in [-0.3, -0.25) is 4.57 Å². The van der Waals surface area contributed by atoms with Gasteiger partial charge >= 0.3 is 0 Å². The highest BCUT2D eigenvalue weighted by Gasteiger charge is 2.14. The van der Waals surface area contributed by atoms with Gasteiger partial charge in [-0.2, -0.15) is 0 Å². The van der Waals surface area contributed by atoms with E-state index in [1.807, 2.05) is 16.7 Å². The second-order valence-electron chi connectivity index (χ2n) is 3.66. The van der Waals surface area contributed by atoms with Gasteiger partial charge in [0.05, 0.1) is 0 Å². The highest BCUT2D eigenvalue weighted by molar-refractivity contribution is 5.73. The summed E-state index contributed by atoms with van der Waals surface area (Å²) in [6.45, 7) is 4.31. The van der Waals surface area contributed by atoms with Crippen LogP contribution in [0.5, 0.6) is 0 Å². The van der Waals surface area contributed by atoms with Gasteiger partial charge in [0.15, 0.2) is 5.65 Å². The quantitative estimate of drug-likeness (QED) is 0.835. The van der Waals surface area contributed by atoms with Crippen molar-refractivity contribution in [3.8, 4) is 0 Å². The second-order valence-corrected chi connectivity index (χ2v) is 3.66. The summed E-state index contributed by atoms with van der Waals surface area (Å²) in [5.74, 6) is 0.567. The molecule has 0 aliphatic carbocycles. The van der Waals surface area contributed by atoms with Gasteiger partial charge in [-0.05, 0) is 25.0 Å². The van der Waals surface area contributed by atoms with E-state index < -0.39 is 0 Å². The highest BCUT2D eigenvalue weighted by Crippen LogP contribution is 2.24. The molecule has 0 aliphatic heterocycles. The van der Waals surface area contributed by atoms with Crippen molar-refractivity contribution in [3.63, 3.8) is 0 Å². The molecule has 2 N–H and O–H groups in total. The minimum absolute atomic E-state index is 0.393. The molecule has 2 aromatic heterocycles. The largest absolute Gasteiger partial charge is 0.369 e. The predicted molar refractivity (Wildman–Crippen MR) is 61.6 cm³/mol. The Balaban J connectivity index is 2.62. The SMILES string of the molecule is CCC(CC)n1c(N)nc2cccnc21. The van der Waals surface area contributed by atoms with Gasteiger partial charge in [-0.25, -0.2) is 9.97 Å². The van der Waals surface area contributed by atoms with Crippen molar-refractivity contribution in [2.24, 2.45) is 0 Å². The van der Waals surface area contributed by atoms with E-state index in [1.165, 1.54) is 0 Å². The molecule has 0 unspecified atom stereocenters. The third kappa shape index (κ3) is 1.56. The van der Waals surface area contributed by atoms with Crippen LogP contribution in [0.4, 0.5) is 5.95 Å². The molecule has 0 aromatic carbocycles. The van der Waals surface area contributed by atoms with Crippen LogP contribution < -0.4 is 5.73 Å².